The zero-order valence-corrected chi connectivity index (χ0v) is 46.9. The van der Waals surface area contributed by atoms with Crippen LogP contribution in [0.4, 0.5) is 0 Å². The molecule has 6 N–H and O–H groups in total. The van der Waals surface area contributed by atoms with E-state index in [1.807, 2.05) is 18.2 Å². The maximum Gasteiger partial charge on any atom is 0.306 e. The molecule has 11 heteroatoms. The lowest BCUT2D eigenvalue weighted by Crippen LogP contribution is -2.61. The van der Waals surface area contributed by atoms with Crippen LogP contribution in [0.5, 0.6) is 0 Å². The van der Waals surface area contributed by atoms with Crippen LogP contribution in [0.2, 0.25) is 0 Å². The quantitative estimate of drug-likeness (QED) is 0.0195. The molecule has 1 fully saturated rings. The number of carbonyl (C=O) groups is 2. The number of aliphatic hydroxyl groups excluding tert-OH is 5. The van der Waals surface area contributed by atoms with E-state index in [1.165, 1.54) is 57.8 Å². The highest BCUT2D eigenvalue weighted by Crippen LogP contribution is 2.26. The Morgan fingerprint density at radius 3 is 1.47 bits per heavy atom. The predicted molar refractivity (Wildman–Crippen MR) is 310 cm³/mol. The van der Waals surface area contributed by atoms with Crippen LogP contribution in [0.3, 0.4) is 0 Å². The van der Waals surface area contributed by atoms with Gasteiger partial charge in [-0.3, -0.25) is 9.59 Å². The van der Waals surface area contributed by atoms with Gasteiger partial charge in [0.05, 0.1) is 25.4 Å². The van der Waals surface area contributed by atoms with E-state index in [0.29, 0.717) is 19.3 Å². The largest absolute Gasteiger partial charge is 0.454 e. The monoisotopic (exact) mass is 1050 g/mol. The lowest BCUT2D eigenvalue weighted by atomic mass is 9.99. The fourth-order valence-corrected chi connectivity index (χ4v) is 8.21. The van der Waals surface area contributed by atoms with Crippen LogP contribution in [-0.4, -0.2) is 99.6 Å². The second kappa shape index (κ2) is 50.9. The van der Waals surface area contributed by atoms with Gasteiger partial charge in [0.1, 0.15) is 24.4 Å². The van der Waals surface area contributed by atoms with Crippen molar-refractivity contribution in [1.29, 1.82) is 0 Å². The molecule has 1 heterocycles. The summed E-state index contributed by atoms with van der Waals surface area (Å²) in [5, 5.41) is 56.8. The Balaban J connectivity index is 2.78. The van der Waals surface area contributed by atoms with Crippen molar-refractivity contribution < 1.29 is 49.3 Å². The van der Waals surface area contributed by atoms with Crippen LogP contribution in [0.1, 0.15) is 207 Å². The van der Waals surface area contributed by atoms with Gasteiger partial charge >= 0.3 is 5.97 Å². The topological polar surface area (TPSA) is 175 Å². The first kappa shape index (κ1) is 69.1. The number of allylic oxidation sites excluding steroid dienone is 19. The van der Waals surface area contributed by atoms with Gasteiger partial charge in [-0.15, -0.1) is 0 Å². The van der Waals surface area contributed by atoms with Gasteiger partial charge in [0.15, 0.2) is 12.4 Å². The Hall–Kier alpha value is -3.94. The minimum absolute atomic E-state index is 0.0114. The van der Waals surface area contributed by atoms with Crippen molar-refractivity contribution >= 4 is 11.9 Å². The van der Waals surface area contributed by atoms with Gasteiger partial charge in [-0.2, -0.15) is 0 Å². The molecule has 1 saturated heterocycles. The van der Waals surface area contributed by atoms with Crippen LogP contribution in [-0.2, 0) is 23.8 Å². The van der Waals surface area contributed by atoms with E-state index in [1.54, 1.807) is 6.08 Å². The number of esters is 1. The molecule has 0 bridgehead atoms. The molecular weight excluding hydrogens is 943 g/mol. The van der Waals surface area contributed by atoms with Gasteiger partial charge in [0.2, 0.25) is 5.91 Å². The molecule has 0 aromatic heterocycles. The van der Waals surface area contributed by atoms with Crippen molar-refractivity contribution in [2.24, 2.45) is 0 Å². The summed E-state index contributed by atoms with van der Waals surface area (Å²) in [6, 6.07) is -1.06. The molecule has 0 aromatic rings. The van der Waals surface area contributed by atoms with Crippen molar-refractivity contribution in [2.45, 2.75) is 256 Å². The van der Waals surface area contributed by atoms with Gasteiger partial charge in [-0.1, -0.05) is 219 Å². The Morgan fingerprint density at radius 1 is 0.533 bits per heavy atom. The van der Waals surface area contributed by atoms with Crippen LogP contribution in [0.25, 0.3) is 0 Å². The molecular formula is C64H105NO10. The number of ether oxygens (including phenoxy) is 3. The zero-order valence-electron chi connectivity index (χ0n) is 46.9. The normalized spacial score (nSPS) is 20.1. The molecule has 8 atom stereocenters. The Labute approximate surface area is 455 Å². The summed E-state index contributed by atoms with van der Waals surface area (Å²) in [7, 11) is 0. The van der Waals surface area contributed by atoms with E-state index in [2.05, 4.69) is 123 Å². The third-order valence-corrected chi connectivity index (χ3v) is 12.9. The lowest BCUT2D eigenvalue weighted by Gasteiger charge is -2.41. The fraction of sp³-hybridized carbons (Fsp3) is 0.656. The first-order valence-corrected chi connectivity index (χ1v) is 29.3. The van der Waals surface area contributed by atoms with E-state index in [9.17, 15) is 35.1 Å². The molecule has 11 nitrogen and oxygen atoms in total. The summed E-state index contributed by atoms with van der Waals surface area (Å²) in [6.07, 6.45) is 59.6. The van der Waals surface area contributed by atoms with Crippen molar-refractivity contribution in [3.8, 4) is 0 Å². The molecule has 1 rings (SSSR count). The number of nitrogens with one attached hydrogen (secondary N) is 1. The Kier molecular flexibility index (Phi) is 46.8. The summed E-state index contributed by atoms with van der Waals surface area (Å²) >= 11 is 0. The minimum atomic E-state index is -1.66. The molecule has 426 valence electrons. The molecule has 1 aliphatic rings. The van der Waals surface area contributed by atoms with E-state index in [4.69, 9.17) is 14.2 Å². The summed E-state index contributed by atoms with van der Waals surface area (Å²) in [5.74, 6) is -1.32. The zero-order chi connectivity index (χ0) is 54.7. The Bertz CT molecular complexity index is 1680. The van der Waals surface area contributed by atoms with Crippen molar-refractivity contribution in [2.75, 3.05) is 13.2 Å². The highest BCUT2D eigenvalue weighted by molar-refractivity contribution is 5.80. The SMILES string of the molecule is CC/C=C\C/C=C\C/C=C\C/C=C\C/C=C\C/C=C\CCC(=O)OC1C(OCC(NC(=O)C(O)CCCCC/C=C\C/C=C\C/C=C\CCCCC)C(O)/C=C/CCCCCCCCCCC)OC(CO)C(O)C1O. The predicted octanol–water partition coefficient (Wildman–Crippen LogP) is 13.5. The highest BCUT2D eigenvalue weighted by Gasteiger charge is 2.47. The standard InChI is InChI=1S/C64H105NO10/c1-4-7-10-13-16-19-22-24-26-28-29-30-32-34-37-40-43-46-49-52-59(69)75-62-61(71)60(70)58(53-66)74-64(62)73-54-55(56(67)50-47-44-41-38-35-21-18-15-12-9-6-3)65-63(72)57(68)51-48-45-42-39-36-33-31-27-25-23-20-17-14-11-8-5-2/h7,10,16-17,19-20,24-27,29-30,33-34,36-37,43,46-47,50,55-58,60-62,64,66-68,70-71H,4-6,8-9,11-15,18,21-23,28,31-32,35,38-42,44-45,48-49,51-54H2,1-3H3,(H,65,72)/b10-7-,19-16-,20-17-,26-24-,27-25-,30-29-,36-33-,37-34-,46-43-,50-47+. The number of unbranched alkanes of at least 4 members (excludes halogenated alkanes) is 15. The third-order valence-electron chi connectivity index (χ3n) is 12.9. The molecule has 0 spiro atoms. The van der Waals surface area contributed by atoms with Gasteiger partial charge in [-0.05, 0) is 103 Å². The number of amides is 1. The maximum atomic E-state index is 13.4. The number of hydrogen-bond donors (Lipinski definition) is 6. The van der Waals surface area contributed by atoms with Gasteiger partial charge in [0, 0.05) is 6.42 Å². The van der Waals surface area contributed by atoms with Crippen LogP contribution < -0.4 is 5.32 Å². The molecule has 1 aliphatic heterocycles. The number of rotatable bonds is 47. The first-order valence-electron chi connectivity index (χ1n) is 29.3. The van der Waals surface area contributed by atoms with Gasteiger partial charge in [-0.25, -0.2) is 0 Å². The first-order chi connectivity index (χ1) is 36.7. The molecule has 1 amide bonds. The van der Waals surface area contributed by atoms with E-state index < -0.39 is 67.4 Å². The lowest BCUT2D eigenvalue weighted by molar-refractivity contribution is -0.305. The number of aliphatic hydroxyl groups is 5. The fourth-order valence-electron chi connectivity index (χ4n) is 8.21. The van der Waals surface area contributed by atoms with Crippen molar-refractivity contribution in [1.82, 2.24) is 5.32 Å². The van der Waals surface area contributed by atoms with Gasteiger partial charge in [0.25, 0.3) is 0 Å². The van der Waals surface area contributed by atoms with E-state index in [0.717, 1.165) is 96.3 Å². The van der Waals surface area contributed by atoms with Crippen molar-refractivity contribution in [3.63, 3.8) is 0 Å². The molecule has 75 heavy (non-hydrogen) atoms. The minimum Gasteiger partial charge on any atom is -0.454 e. The summed E-state index contributed by atoms with van der Waals surface area (Å²) < 4.78 is 17.5. The maximum absolute atomic E-state index is 13.4. The molecule has 0 aliphatic carbocycles. The van der Waals surface area contributed by atoms with Crippen molar-refractivity contribution in [3.05, 3.63) is 122 Å². The molecule has 0 radical (unpaired) electrons. The number of hydrogen-bond acceptors (Lipinski definition) is 10. The van der Waals surface area contributed by atoms with Crippen LogP contribution >= 0.6 is 0 Å². The van der Waals surface area contributed by atoms with Crippen LogP contribution in [0, 0.1) is 0 Å². The highest BCUT2D eigenvalue weighted by atomic mass is 16.7. The second-order valence-corrected chi connectivity index (χ2v) is 19.6. The average Bonchev–Trinajstić information content (AvgIpc) is 3.41. The second-order valence-electron chi connectivity index (χ2n) is 19.6. The van der Waals surface area contributed by atoms with Crippen LogP contribution in [0.15, 0.2) is 122 Å². The molecule has 0 aromatic carbocycles. The van der Waals surface area contributed by atoms with E-state index in [-0.39, 0.29) is 19.4 Å². The third kappa shape index (κ3) is 39.1. The molecule has 0 saturated carbocycles. The summed E-state index contributed by atoms with van der Waals surface area (Å²) in [4.78, 5) is 26.4. The Morgan fingerprint density at radius 2 is 0.960 bits per heavy atom. The average molecular weight is 1050 g/mol. The smallest absolute Gasteiger partial charge is 0.306 e. The summed E-state index contributed by atoms with van der Waals surface area (Å²) in [5.41, 5.74) is 0. The number of carbonyl (C=O) groups excluding carboxylic acids is 2. The van der Waals surface area contributed by atoms with E-state index >= 15 is 0 Å². The summed E-state index contributed by atoms with van der Waals surface area (Å²) in [6.45, 7) is 5.56. The molecule has 8 unspecified atom stereocenters. The van der Waals surface area contributed by atoms with Gasteiger partial charge < -0.3 is 45.1 Å².